The van der Waals surface area contributed by atoms with Crippen LogP contribution in [0, 0.1) is 0 Å². The van der Waals surface area contributed by atoms with E-state index < -0.39 is 68.1 Å². The number of alkyl halides is 8. The average Bonchev–Trinajstić information content (AvgIpc) is 2.67. The van der Waals surface area contributed by atoms with Crippen molar-refractivity contribution in [1.82, 2.24) is 15.5 Å². The first-order valence-electron chi connectivity index (χ1n) is 9.69. The van der Waals surface area contributed by atoms with E-state index in [9.17, 15) is 39.9 Å². The van der Waals surface area contributed by atoms with Crippen molar-refractivity contribution in [1.29, 1.82) is 0 Å². The number of ether oxygens (including phenoxy) is 2. The van der Waals surface area contributed by atoms with Crippen LogP contribution in [0.25, 0.3) is 0 Å². The van der Waals surface area contributed by atoms with E-state index in [4.69, 9.17) is 0 Å². The molecule has 33 heavy (non-hydrogen) atoms. The summed E-state index contributed by atoms with van der Waals surface area (Å²) in [6, 6.07) is 0.886. The monoisotopic (exact) mass is 492 g/mol. The lowest BCUT2D eigenvalue weighted by molar-refractivity contribution is -0.359. The smallest absolute Gasteiger partial charge is 0.406 e. The summed E-state index contributed by atoms with van der Waals surface area (Å²) in [4.78, 5) is 13.8. The summed E-state index contributed by atoms with van der Waals surface area (Å²) in [6.07, 6.45) is -15.9. The van der Waals surface area contributed by atoms with Crippen molar-refractivity contribution in [2.75, 3.05) is 18.5 Å². The van der Waals surface area contributed by atoms with Crippen molar-refractivity contribution in [2.24, 2.45) is 0 Å². The van der Waals surface area contributed by atoms with Gasteiger partial charge >= 0.3 is 12.7 Å². The van der Waals surface area contributed by atoms with Gasteiger partial charge in [0, 0.05) is 30.3 Å². The van der Waals surface area contributed by atoms with Crippen LogP contribution >= 0.6 is 0 Å². The predicted molar refractivity (Wildman–Crippen MR) is 97.1 cm³/mol. The molecule has 1 unspecified atom stereocenters. The number of halogens is 8. The molecule has 3 rings (SSSR count). The largest absolute Gasteiger partial charge is 0.573 e. The fourth-order valence-electron chi connectivity index (χ4n) is 3.64. The maximum absolute atomic E-state index is 13.1. The molecule has 0 radical (unpaired) electrons. The minimum atomic E-state index is -4.91. The van der Waals surface area contributed by atoms with E-state index >= 15 is 0 Å². The first kappa shape index (κ1) is 25.2. The van der Waals surface area contributed by atoms with Gasteiger partial charge in [-0.1, -0.05) is 6.07 Å². The molecule has 0 aliphatic carbocycles. The number of carbonyl (C=O) groups excluding carboxylic acids is 1. The summed E-state index contributed by atoms with van der Waals surface area (Å²) in [5, 5.41) is 8.33. The summed E-state index contributed by atoms with van der Waals surface area (Å²) < 4.78 is 109. The zero-order valence-electron chi connectivity index (χ0n) is 16.9. The standard InChI is InChI=1S/C18H20F8N4O3/c1-8-13(33-18(24,25)26)6-30(8)16(31)12(5-14(19)20)29-15-10-3-2-9(32-17(21,22)23)4-11(10)27-7-28-15/h2-4,8,12-15,27-29H,5-7H2,1H3/t8-,12+,13-,15?/m0/s1. The van der Waals surface area contributed by atoms with Crippen LogP contribution in [0.2, 0.25) is 0 Å². The molecule has 0 aromatic heterocycles. The lowest BCUT2D eigenvalue weighted by Gasteiger charge is -2.47. The number of fused-ring (bicyclic) bond motifs is 1. The molecule has 4 atom stereocenters. The van der Waals surface area contributed by atoms with E-state index in [1.807, 2.05) is 0 Å². The Bertz CT molecular complexity index is 851. The van der Waals surface area contributed by atoms with Crippen LogP contribution in [-0.2, 0) is 9.53 Å². The summed E-state index contributed by atoms with van der Waals surface area (Å²) in [5.74, 6) is -1.34. The van der Waals surface area contributed by atoms with Crippen molar-refractivity contribution in [3.05, 3.63) is 23.8 Å². The van der Waals surface area contributed by atoms with Crippen LogP contribution in [-0.4, -0.2) is 61.4 Å². The minimum Gasteiger partial charge on any atom is -0.406 e. The molecule has 0 spiro atoms. The lowest BCUT2D eigenvalue weighted by atomic mass is 9.98. The highest BCUT2D eigenvalue weighted by molar-refractivity contribution is 5.83. The number of anilines is 1. The van der Waals surface area contributed by atoms with Crippen molar-refractivity contribution in [2.45, 2.75) is 56.8 Å². The lowest BCUT2D eigenvalue weighted by Crippen LogP contribution is -2.66. The fourth-order valence-corrected chi connectivity index (χ4v) is 3.64. The van der Waals surface area contributed by atoms with Gasteiger partial charge in [-0.15, -0.1) is 26.3 Å². The van der Waals surface area contributed by atoms with Gasteiger partial charge in [0.25, 0.3) is 0 Å². The number of benzene rings is 1. The van der Waals surface area contributed by atoms with Crippen LogP contribution in [0.5, 0.6) is 5.75 Å². The Hall–Kier alpha value is -2.39. The van der Waals surface area contributed by atoms with Crippen LogP contribution in [0.1, 0.15) is 25.1 Å². The molecule has 1 fully saturated rings. The van der Waals surface area contributed by atoms with E-state index in [2.05, 4.69) is 25.4 Å². The Balaban J connectivity index is 1.72. The Morgan fingerprint density at radius 2 is 1.91 bits per heavy atom. The van der Waals surface area contributed by atoms with E-state index in [1.165, 1.54) is 13.0 Å². The molecular formula is C18H20F8N4O3. The highest BCUT2D eigenvalue weighted by atomic mass is 19.4. The summed E-state index contributed by atoms with van der Waals surface area (Å²) in [5.41, 5.74) is 0.546. The van der Waals surface area contributed by atoms with Gasteiger partial charge in [-0.3, -0.25) is 20.2 Å². The molecule has 7 nitrogen and oxygen atoms in total. The summed E-state index contributed by atoms with van der Waals surface area (Å²) >= 11 is 0. The maximum atomic E-state index is 13.1. The number of carbonyl (C=O) groups is 1. The number of nitrogens with zero attached hydrogens (tertiary/aromatic N) is 1. The number of rotatable bonds is 7. The zero-order valence-corrected chi connectivity index (χ0v) is 16.9. The van der Waals surface area contributed by atoms with Crippen LogP contribution in [0.4, 0.5) is 40.8 Å². The Morgan fingerprint density at radius 1 is 1.21 bits per heavy atom. The number of hydrogen-bond donors (Lipinski definition) is 3. The van der Waals surface area contributed by atoms with E-state index in [0.29, 0.717) is 5.56 Å². The second-order valence-electron chi connectivity index (χ2n) is 7.47. The van der Waals surface area contributed by atoms with Gasteiger partial charge in [0.2, 0.25) is 12.3 Å². The number of nitrogens with one attached hydrogen (secondary N) is 3. The predicted octanol–water partition coefficient (Wildman–Crippen LogP) is 3.31. The second kappa shape index (κ2) is 9.46. The summed E-state index contributed by atoms with van der Waals surface area (Å²) in [6.45, 7) is 0.907. The normalized spacial score (nSPS) is 24.1. The summed E-state index contributed by atoms with van der Waals surface area (Å²) in [7, 11) is 0. The molecule has 2 heterocycles. The molecule has 1 saturated heterocycles. The SMILES string of the molecule is C[C@H]1[C@@H](OC(F)(F)F)CN1C(=O)[C@@H](CC(F)F)NC1NCNc2cc(OC(F)(F)F)ccc21. The Kier molecular flexibility index (Phi) is 7.24. The molecule has 2 aliphatic rings. The van der Waals surface area contributed by atoms with Gasteiger partial charge in [0.1, 0.15) is 11.9 Å². The molecule has 2 aliphatic heterocycles. The molecule has 1 amide bonds. The van der Waals surface area contributed by atoms with Gasteiger partial charge in [-0.2, -0.15) is 0 Å². The molecule has 1 aromatic carbocycles. The quantitative estimate of drug-likeness (QED) is 0.508. The van der Waals surface area contributed by atoms with Gasteiger partial charge in [-0.25, -0.2) is 8.78 Å². The van der Waals surface area contributed by atoms with E-state index in [-0.39, 0.29) is 12.4 Å². The molecule has 15 heteroatoms. The average molecular weight is 492 g/mol. The molecule has 1 aromatic rings. The number of hydrogen-bond acceptors (Lipinski definition) is 6. The maximum Gasteiger partial charge on any atom is 0.573 e. The zero-order chi connectivity index (χ0) is 24.6. The van der Waals surface area contributed by atoms with Crippen molar-refractivity contribution < 1.29 is 49.4 Å². The third kappa shape index (κ3) is 6.57. The third-order valence-corrected chi connectivity index (χ3v) is 5.21. The number of amides is 1. The van der Waals surface area contributed by atoms with Crippen LogP contribution in [0.3, 0.4) is 0 Å². The van der Waals surface area contributed by atoms with Gasteiger partial charge in [0.15, 0.2) is 0 Å². The van der Waals surface area contributed by atoms with E-state index in [1.54, 1.807) is 0 Å². The molecule has 0 saturated carbocycles. The molecule has 0 bridgehead atoms. The first-order chi connectivity index (χ1) is 15.2. The van der Waals surface area contributed by atoms with Crippen LogP contribution < -0.4 is 20.7 Å². The van der Waals surface area contributed by atoms with Gasteiger partial charge in [0.05, 0.1) is 24.9 Å². The van der Waals surface area contributed by atoms with E-state index in [0.717, 1.165) is 17.0 Å². The second-order valence-corrected chi connectivity index (χ2v) is 7.47. The third-order valence-electron chi connectivity index (χ3n) is 5.21. The van der Waals surface area contributed by atoms with Crippen molar-refractivity contribution in [3.63, 3.8) is 0 Å². The Morgan fingerprint density at radius 3 is 2.48 bits per heavy atom. The Labute approximate surface area is 182 Å². The topological polar surface area (TPSA) is 74.9 Å². The minimum absolute atomic E-state index is 0.0251. The first-order valence-corrected chi connectivity index (χ1v) is 9.69. The van der Waals surface area contributed by atoms with Crippen molar-refractivity contribution in [3.8, 4) is 5.75 Å². The number of likely N-dealkylation sites (tertiary alicyclic amines) is 1. The molecular weight excluding hydrogens is 472 g/mol. The van der Waals surface area contributed by atoms with Crippen LogP contribution in [0.15, 0.2) is 18.2 Å². The molecule has 3 N–H and O–H groups in total. The molecule has 186 valence electrons. The van der Waals surface area contributed by atoms with Gasteiger partial charge in [-0.05, 0) is 13.0 Å². The fraction of sp³-hybridized carbons (Fsp3) is 0.611. The van der Waals surface area contributed by atoms with Gasteiger partial charge < -0.3 is 15.0 Å². The van der Waals surface area contributed by atoms with Crippen molar-refractivity contribution >= 4 is 11.6 Å². The highest BCUT2D eigenvalue weighted by Crippen LogP contribution is 2.33. The highest BCUT2D eigenvalue weighted by Gasteiger charge is 2.47.